The fraction of sp³-hybridized carbons (Fsp3) is 0.154. The summed E-state index contributed by atoms with van der Waals surface area (Å²) in [6.45, 7) is 0. The summed E-state index contributed by atoms with van der Waals surface area (Å²) in [5.41, 5.74) is 1.31. The summed E-state index contributed by atoms with van der Waals surface area (Å²) in [5, 5.41) is 0. The van der Waals surface area contributed by atoms with Crippen molar-refractivity contribution in [1.82, 2.24) is 0 Å². The van der Waals surface area contributed by atoms with Gasteiger partial charge in [0.1, 0.15) is 6.29 Å². The van der Waals surface area contributed by atoms with E-state index in [1.54, 1.807) is 24.3 Å². The summed E-state index contributed by atoms with van der Waals surface area (Å²) in [6.07, 6.45) is 2.70. The second-order valence-corrected chi connectivity index (χ2v) is 3.61. The Morgan fingerprint density at radius 3 is 2.44 bits per heavy atom. The number of hydrogen-bond acceptors (Lipinski definition) is 3. The van der Waals surface area contributed by atoms with Gasteiger partial charge < -0.3 is 4.79 Å². The van der Waals surface area contributed by atoms with Crippen molar-refractivity contribution in [2.75, 3.05) is 0 Å². The Morgan fingerprint density at radius 1 is 1.06 bits per heavy atom. The number of benzene rings is 1. The Balaban J connectivity index is 2.39. The van der Waals surface area contributed by atoms with Gasteiger partial charge in [0.25, 0.3) is 0 Å². The van der Waals surface area contributed by atoms with E-state index in [1.165, 1.54) is 6.08 Å². The number of rotatable bonds is 3. The first-order valence-corrected chi connectivity index (χ1v) is 5.06. The van der Waals surface area contributed by atoms with Gasteiger partial charge in [0.2, 0.25) is 0 Å². The van der Waals surface area contributed by atoms with Gasteiger partial charge in [-0.1, -0.05) is 24.3 Å². The molecular weight excluding hydrogens is 204 g/mol. The lowest BCUT2D eigenvalue weighted by atomic mass is 9.88. The molecule has 0 unspecified atom stereocenters. The van der Waals surface area contributed by atoms with Crippen LogP contribution in [0.2, 0.25) is 0 Å². The zero-order valence-corrected chi connectivity index (χ0v) is 8.60. The molecular formula is C13H10O3. The molecule has 0 aromatic heterocycles. The molecule has 0 saturated heterocycles. The predicted octanol–water partition coefficient (Wildman–Crippen LogP) is 1.97. The van der Waals surface area contributed by atoms with E-state index in [0.717, 1.165) is 6.29 Å². The van der Waals surface area contributed by atoms with Crippen LogP contribution in [-0.4, -0.2) is 17.9 Å². The first-order valence-electron chi connectivity index (χ1n) is 5.06. The maximum absolute atomic E-state index is 11.9. The largest absolute Gasteiger partial charge is 0.303 e. The normalized spacial score (nSPS) is 14.4. The highest BCUT2D eigenvalue weighted by atomic mass is 16.1. The minimum Gasteiger partial charge on any atom is -0.303 e. The Labute approximate surface area is 92.8 Å². The van der Waals surface area contributed by atoms with E-state index in [0.29, 0.717) is 23.1 Å². The number of carbonyl (C=O) groups is 3. The van der Waals surface area contributed by atoms with Crippen molar-refractivity contribution in [3.8, 4) is 0 Å². The van der Waals surface area contributed by atoms with Gasteiger partial charge in [-0.3, -0.25) is 9.59 Å². The van der Waals surface area contributed by atoms with Crippen molar-refractivity contribution in [3.63, 3.8) is 0 Å². The van der Waals surface area contributed by atoms with Gasteiger partial charge in [0, 0.05) is 23.1 Å². The highest BCUT2D eigenvalue weighted by Gasteiger charge is 2.24. The van der Waals surface area contributed by atoms with Crippen LogP contribution in [0.4, 0.5) is 0 Å². The lowest BCUT2D eigenvalue weighted by Gasteiger charge is -2.13. The highest BCUT2D eigenvalue weighted by molar-refractivity contribution is 6.24. The van der Waals surface area contributed by atoms with Crippen LogP contribution < -0.4 is 0 Å². The molecule has 0 N–H and O–H groups in total. The van der Waals surface area contributed by atoms with Crippen LogP contribution in [0.5, 0.6) is 0 Å². The van der Waals surface area contributed by atoms with Crippen molar-refractivity contribution < 1.29 is 14.4 Å². The van der Waals surface area contributed by atoms with Gasteiger partial charge in [0.05, 0.1) is 0 Å². The second-order valence-electron chi connectivity index (χ2n) is 3.61. The molecule has 2 rings (SSSR count). The zero-order valence-electron chi connectivity index (χ0n) is 8.60. The molecule has 1 aromatic carbocycles. The molecule has 0 amide bonds. The maximum Gasteiger partial charge on any atom is 0.189 e. The first kappa shape index (κ1) is 10.5. The van der Waals surface area contributed by atoms with E-state index in [2.05, 4.69) is 0 Å². The Hall–Kier alpha value is -2.03. The number of aldehydes is 1. The number of fused-ring (bicyclic) bond motifs is 1. The van der Waals surface area contributed by atoms with E-state index in [9.17, 15) is 14.4 Å². The zero-order chi connectivity index (χ0) is 11.5. The third-order valence-electron chi connectivity index (χ3n) is 2.57. The van der Waals surface area contributed by atoms with Crippen LogP contribution >= 0.6 is 0 Å². The number of Topliss-reactive ketones (excluding diaryl/α,β-unsaturated/α-hetero) is 1. The van der Waals surface area contributed by atoms with Crippen molar-refractivity contribution in [3.05, 3.63) is 47.0 Å². The molecule has 0 atom stereocenters. The molecule has 1 aromatic rings. The van der Waals surface area contributed by atoms with Gasteiger partial charge in [-0.25, -0.2) is 0 Å². The predicted molar refractivity (Wildman–Crippen MR) is 58.5 cm³/mol. The maximum atomic E-state index is 11.9. The van der Waals surface area contributed by atoms with E-state index in [-0.39, 0.29) is 18.0 Å². The average molecular weight is 214 g/mol. The first-order chi connectivity index (χ1) is 7.74. The number of hydrogen-bond donors (Lipinski definition) is 0. The second kappa shape index (κ2) is 4.23. The third kappa shape index (κ3) is 1.72. The SMILES string of the molecule is O=CCCC1=CC(=O)c2ccccc2C1=O. The minimum atomic E-state index is -0.156. The van der Waals surface area contributed by atoms with Gasteiger partial charge in [0.15, 0.2) is 11.6 Å². The summed E-state index contributed by atoms with van der Waals surface area (Å²) >= 11 is 0. The highest BCUT2D eigenvalue weighted by Crippen LogP contribution is 2.23. The van der Waals surface area contributed by atoms with Gasteiger partial charge in [-0.2, -0.15) is 0 Å². The fourth-order valence-electron chi connectivity index (χ4n) is 1.77. The molecule has 1 aliphatic rings. The standard InChI is InChI=1S/C13H10O3/c14-7-3-4-9-8-12(15)10-5-1-2-6-11(10)13(9)16/h1-2,5-8H,3-4H2. The Morgan fingerprint density at radius 2 is 1.75 bits per heavy atom. The molecule has 0 heterocycles. The van der Waals surface area contributed by atoms with Crippen LogP contribution in [0.15, 0.2) is 35.9 Å². The van der Waals surface area contributed by atoms with Gasteiger partial charge in [-0.05, 0) is 12.5 Å². The Kier molecular flexibility index (Phi) is 2.77. The monoisotopic (exact) mass is 214 g/mol. The van der Waals surface area contributed by atoms with Crippen LogP contribution in [-0.2, 0) is 4.79 Å². The lowest BCUT2D eigenvalue weighted by molar-refractivity contribution is -0.107. The van der Waals surface area contributed by atoms with E-state index in [4.69, 9.17) is 0 Å². The molecule has 80 valence electrons. The molecule has 3 heteroatoms. The molecule has 0 radical (unpaired) electrons. The summed E-state index contributed by atoms with van der Waals surface area (Å²) in [7, 11) is 0. The van der Waals surface area contributed by atoms with E-state index < -0.39 is 0 Å². The number of allylic oxidation sites excluding steroid dienone is 2. The van der Waals surface area contributed by atoms with Crippen molar-refractivity contribution in [1.29, 1.82) is 0 Å². The van der Waals surface area contributed by atoms with E-state index >= 15 is 0 Å². The Bertz CT molecular complexity index is 498. The van der Waals surface area contributed by atoms with Crippen molar-refractivity contribution >= 4 is 17.9 Å². The smallest absolute Gasteiger partial charge is 0.189 e. The molecule has 3 nitrogen and oxygen atoms in total. The summed E-state index contributed by atoms with van der Waals surface area (Å²) in [5.74, 6) is -0.298. The van der Waals surface area contributed by atoms with Crippen molar-refractivity contribution in [2.24, 2.45) is 0 Å². The average Bonchev–Trinajstić information content (AvgIpc) is 2.32. The van der Waals surface area contributed by atoms with Crippen LogP contribution in [0.3, 0.4) is 0 Å². The summed E-state index contributed by atoms with van der Waals surface area (Å²) < 4.78 is 0. The number of ketones is 2. The van der Waals surface area contributed by atoms with E-state index in [1.807, 2.05) is 0 Å². The lowest BCUT2D eigenvalue weighted by Crippen LogP contribution is -2.16. The summed E-state index contributed by atoms with van der Waals surface area (Å²) in [6, 6.07) is 6.74. The fourth-order valence-corrected chi connectivity index (χ4v) is 1.77. The van der Waals surface area contributed by atoms with Crippen molar-refractivity contribution in [2.45, 2.75) is 12.8 Å². The molecule has 1 aliphatic carbocycles. The third-order valence-corrected chi connectivity index (χ3v) is 2.57. The molecule has 0 saturated carbocycles. The van der Waals surface area contributed by atoms with Gasteiger partial charge in [-0.15, -0.1) is 0 Å². The molecule has 0 spiro atoms. The quantitative estimate of drug-likeness (QED) is 0.723. The molecule has 16 heavy (non-hydrogen) atoms. The van der Waals surface area contributed by atoms with Crippen LogP contribution in [0.1, 0.15) is 33.6 Å². The van der Waals surface area contributed by atoms with Crippen LogP contribution in [0.25, 0.3) is 0 Å². The molecule has 0 fully saturated rings. The number of carbonyl (C=O) groups excluding carboxylic acids is 3. The molecule has 0 bridgehead atoms. The summed E-state index contributed by atoms with van der Waals surface area (Å²) in [4.78, 5) is 33.9. The minimum absolute atomic E-state index is 0.142. The van der Waals surface area contributed by atoms with Gasteiger partial charge >= 0.3 is 0 Å². The topological polar surface area (TPSA) is 51.2 Å². The van der Waals surface area contributed by atoms with Crippen LogP contribution in [0, 0.1) is 0 Å². The molecule has 0 aliphatic heterocycles.